The Morgan fingerprint density at radius 2 is 1.96 bits per heavy atom. The van der Waals surface area contributed by atoms with E-state index in [0.717, 1.165) is 21.7 Å². The molecule has 4 nitrogen and oxygen atoms in total. The maximum Gasteiger partial charge on any atom is 0.331 e. The van der Waals surface area contributed by atoms with Gasteiger partial charge in [-0.05, 0) is 37.1 Å². The van der Waals surface area contributed by atoms with Crippen LogP contribution in [0.1, 0.15) is 25.1 Å². The fourth-order valence-corrected chi connectivity index (χ4v) is 2.87. The Hall–Kier alpha value is -2.40. The minimum Gasteiger partial charge on any atom is -0.452 e. The molecule has 5 heteroatoms. The summed E-state index contributed by atoms with van der Waals surface area (Å²) in [6, 6.07) is 14.1. The molecule has 0 aliphatic heterocycles. The van der Waals surface area contributed by atoms with Crippen LogP contribution in [0.15, 0.2) is 48.5 Å². The quantitative estimate of drug-likeness (QED) is 0.613. The average Bonchev–Trinajstić information content (AvgIpc) is 3.08. The van der Waals surface area contributed by atoms with Crippen molar-refractivity contribution in [2.45, 2.75) is 26.3 Å². The Morgan fingerprint density at radius 1 is 1.21 bits per heavy atom. The number of thiophene rings is 1. The second-order valence-corrected chi connectivity index (χ2v) is 6.50. The van der Waals surface area contributed by atoms with E-state index in [2.05, 4.69) is 5.32 Å². The molecule has 1 amide bonds. The molecular weight excluding hydrogens is 322 g/mol. The van der Waals surface area contributed by atoms with Gasteiger partial charge in [0.05, 0.1) is 0 Å². The molecule has 0 bridgehead atoms. The minimum absolute atomic E-state index is 0.0780. The van der Waals surface area contributed by atoms with Crippen LogP contribution in [0.5, 0.6) is 0 Å². The largest absolute Gasteiger partial charge is 0.452 e. The SMILES string of the molecule is CC[C@H](C)NC(=O)COC(=O)/C=C/c1ccc(-c2ccccc2)s1. The fourth-order valence-electron chi connectivity index (χ4n) is 1.95. The number of carbonyl (C=O) groups excluding carboxylic acids is 2. The van der Waals surface area contributed by atoms with E-state index < -0.39 is 5.97 Å². The average molecular weight is 343 g/mol. The van der Waals surface area contributed by atoms with E-state index >= 15 is 0 Å². The predicted octanol–water partition coefficient (Wildman–Crippen LogP) is 3.89. The van der Waals surface area contributed by atoms with Crippen LogP contribution < -0.4 is 5.32 Å². The Labute approximate surface area is 146 Å². The summed E-state index contributed by atoms with van der Waals surface area (Å²) in [7, 11) is 0. The monoisotopic (exact) mass is 343 g/mol. The van der Waals surface area contributed by atoms with Gasteiger partial charge in [0.15, 0.2) is 6.61 Å². The zero-order chi connectivity index (χ0) is 17.4. The van der Waals surface area contributed by atoms with Crippen LogP contribution in [0.25, 0.3) is 16.5 Å². The Balaban J connectivity index is 1.84. The van der Waals surface area contributed by atoms with Gasteiger partial charge in [-0.1, -0.05) is 37.3 Å². The molecule has 1 aromatic heterocycles. The van der Waals surface area contributed by atoms with Crippen molar-refractivity contribution in [1.29, 1.82) is 0 Å². The molecule has 0 spiro atoms. The van der Waals surface area contributed by atoms with Gasteiger partial charge in [-0.2, -0.15) is 0 Å². The van der Waals surface area contributed by atoms with Crippen molar-refractivity contribution < 1.29 is 14.3 Å². The van der Waals surface area contributed by atoms with E-state index in [-0.39, 0.29) is 18.6 Å². The number of nitrogens with one attached hydrogen (secondary N) is 1. The van der Waals surface area contributed by atoms with Crippen LogP contribution >= 0.6 is 11.3 Å². The molecule has 1 aromatic carbocycles. The molecule has 0 saturated heterocycles. The molecule has 0 aliphatic carbocycles. The molecule has 2 aromatic rings. The van der Waals surface area contributed by atoms with E-state index in [1.165, 1.54) is 6.08 Å². The first kappa shape index (κ1) is 17.9. The molecule has 24 heavy (non-hydrogen) atoms. The van der Waals surface area contributed by atoms with Crippen LogP contribution in [0.3, 0.4) is 0 Å². The lowest BCUT2D eigenvalue weighted by atomic mass is 10.2. The molecule has 0 saturated carbocycles. The molecule has 0 fully saturated rings. The highest BCUT2D eigenvalue weighted by molar-refractivity contribution is 7.16. The van der Waals surface area contributed by atoms with E-state index in [0.29, 0.717) is 0 Å². The fraction of sp³-hybridized carbons (Fsp3) is 0.263. The maximum absolute atomic E-state index is 11.7. The summed E-state index contributed by atoms with van der Waals surface area (Å²) < 4.78 is 4.93. The van der Waals surface area contributed by atoms with Crippen molar-refractivity contribution in [1.82, 2.24) is 5.32 Å². The van der Waals surface area contributed by atoms with Crippen molar-refractivity contribution in [2.75, 3.05) is 6.61 Å². The first-order chi connectivity index (χ1) is 11.6. The number of ether oxygens (including phenoxy) is 1. The van der Waals surface area contributed by atoms with Crippen LogP contribution in [0.2, 0.25) is 0 Å². The van der Waals surface area contributed by atoms with Gasteiger partial charge in [-0.25, -0.2) is 4.79 Å². The third-order valence-electron chi connectivity index (χ3n) is 3.43. The van der Waals surface area contributed by atoms with E-state index in [1.807, 2.05) is 56.3 Å². The van der Waals surface area contributed by atoms with E-state index in [1.54, 1.807) is 17.4 Å². The van der Waals surface area contributed by atoms with Gasteiger partial charge in [-0.15, -0.1) is 11.3 Å². The van der Waals surface area contributed by atoms with Gasteiger partial charge in [0.1, 0.15) is 0 Å². The second kappa shape index (κ2) is 9.03. The first-order valence-electron chi connectivity index (χ1n) is 7.88. The van der Waals surface area contributed by atoms with E-state index in [9.17, 15) is 9.59 Å². The topological polar surface area (TPSA) is 55.4 Å². The summed E-state index contributed by atoms with van der Waals surface area (Å²) in [5, 5.41) is 2.74. The molecule has 1 heterocycles. The molecule has 2 rings (SSSR count). The molecule has 1 atom stereocenters. The van der Waals surface area contributed by atoms with Crippen LogP contribution in [0.4, 0.5) is 0 Å². The number of hydrogen-bond acceptors (Lipinski definition) is 4. The first-order valence-corrected chi connectivity index (χ1v) is 8.69. The molecular formula is C19H21NO3S. The number of esters is 1. The van der Waals surface area contributed by atoms with Gasteiger partial charge >= 0.3 is 5.97 Å². The zero-order valence-corrected chi connectivity index (χ0v) is 14.6. The molecule has 0 unspecified atom stereocenters. The Morgan fingerprint density at radius 3 is 2.67 bits per heavy atom. The Bertz CT molecular complexity index is 706. The highest BCUT2D eigenvalue weighted by Crippen LogP contribution is 2.28. The van der Waals surface area contributed by atoms with Crippen molar-refractivity contribution in [2.24, 2.45) is 0 Å². The van der Waals surface area contributed by atoms with Crippen molar-refractivity contribution in [3.05, 3.63) is 53.4 Å². The number of hydrogen-bond donors (Lipinski definition) is 1. The van der Waals surface area contributed by atoms with Crippen molar-refractivity contribution in [3.8, 4) is 10.4 Å². The number of carbonyl (C=O) groups is 2. The third-order valence-corrected chi connectivity index (χ3v) is 4.53. The van der Waals surface area contributed by atoms with Gasteiger partial charge in [0.25, 0.3) is 5.91 Å². The standard InChI is InChI=1S/C19H21NO3S/c1-3-14(2)20-18(21)13-23-19(22)12-10-16-9-11-17(24-16)15-7-5-4-6-8-15/h4-12,14H,3,13H2,1-2H3,(H,20,21)/b12-10+/t14-/m0/s1. The summed E-state index contributed by atoms with van der Waals surface area (Å²) in [5.41, 5.74) is 1.14. The number of amides is 1. The van der Waals surface area contributed by atoms with Gasteiger partial charge in [0.2, 0.25) is 0 Å². The van der Waals surface area contributed by atoms with Crippen LogP contribution in [0, 0.1) is 0 Å². The number of benzene rings is 1. The summed E-state index contributed by atoms with van der Waals surface area (Å²) in [4.78, 5) is 25.3. The van der Waals surface area contributed by atoms with Crippen LogP contribution in [-0.4, -0.2) is 24.5 Å². The third kappa shape index (κ3) is 5.66. The van der Waals surface area contributed by atoms with Gasteiger partial charge in [0, 0.05) is 21.9 Å². The second-order valence-electron chi connectivity index (χ2n) is 5.39. The van der Waals surface area contributed by atoms with Crippen molar-refractivity contribution >= 4 is 29.3 Å². The van der Waals surface area contributed by atoms with Gasteiger partial charge < -0.3 is 10.1 Å². The van der Waals surface area contributed by atoms with Crippen LogP contribution in [-0.2, 0) is 14.3 Å². The maximum atomic E-state index is 11.7. The molecule has 1 N–H and O–H groups in total. The lowest BCUT2D eigenvalue weighted by Crippen LogP contribution is -2.35. The van der Waals surface area contributed by atoms with Gasteiger partial charge in [-0.3, -0.25) is 4.79 Å². The normalized spacial score (nSPS) is 12.1. The highest BCUT2D eigenvalue weighted by Gasteiger charge is 2.08. The predicted molar refractivity (Wildman–Crippen MR) is 97.6 cm³/mol. The number of rotatable bonds is 7. The smallest absolute Gasteiger partial charge is 0.331 e. The zero-order valence-electron chi connectivity index (χ0n) is 13.8. The molecule has 0 radical (unpaired) electrons. The summed E-state index contributed by atoms with van der Waals surface area (Å²) in [6.07, 6.45) is 3.88. The lowest BCUT2D eigenvalue weighted by molar-refractivity contribution is -0.144. The lowest BCUT2D eigenvalue weighted by Gasteiger charge is -2.10. The molecule has 0 aliphatic rings. The van der Waals surface area contributed by atoms with E-state index in [4.69, 9.17) is 4.74 Å². The molecule has 126 valence electrons. The summed E-state index contributed by atoms with van der Waals surface area (Å²) in [5.74, 6) is -0.808. The minimum atomic E-state index is -0.524. The highest BCUT2D eigenvalue weighted by atomic mass is 32.1. The summed E-state index contributed by atoms with van der Waals surface area (Å²) >= 11 is 1.59. The summed E-state index contributed by atoms with van der Waals surface area (Å²) in [6.45, 7) is 3.62. The van der Waals surface area contributed by atoms with Crippen molar-refractivity contribution in [3.63, 3.8) is 0 Å². The Kier molecular flexibility index (Phi) is 6.75.